The van der Waals surface area contributed by atoms with Gasteiger partial charge >= 0.3 is 0 Å². The van der Waals surface area contributed by atoms with E-state index in [9.17, 15) is 5.11 Å². The second-order valence-corrected chi connectivity index (χ2v) is 4.78. The summed E-state index contributed by atoms with van der Waals surface area (Å²) in [7, 11) is 0. The van der Waals surface area contributed by atoms with E-state index < -0.39 is 0 Å². The van der Waals surface area contributed by atoms with Crippen LogP contribution in [-0.4, -0.2) is 28.2 Å². The van der Waals surface area contributed by atoms with E-state index in [-0.39, 0.29) is 11.7 Å². The van der Waals surface area contributed by atoms with Crippen LogP contribution in [-0.2, 0) is 12.8 Å². The van der Waals surface area contributed by atoms with Gasteiger partial charge in [0.25, 0.3) is 0 Å². The third-order valence-electron chi connectivity index (χ3n) is 3.33. The molecule has 0 radical (unpaired) electrons. The van der Waals surface area contributed by atoms with Crippen LogP contribution in [0.3, 0.4) is 0 Å². The molecule has 3 rings (SSSR count). The molecule has 6 nitrogen and oxygen atoms in total. The van der Waals surface area contributed by atoms with Crippen LogP contribution in [0.25, 0.3) is 0 Å². The van der Waals surface area contributed by atoms with Crippen molar-refractivity contribution in [1.82, 2.24) is 15.3 Å². The number of nitrogen functional groups attached to an aromatic ring is 1. The maximum atomic E-state index is 9.31. The quantitative estimate of drug-likeness (QED) is 0.613. The maximum absolute atomic E-state index is 9.31. The number of benzene rings is 1. The molecule has 1 aliphatic rings. The minimum absolute atomic E-state index is 0.237. The number of nitrogens with two attached hydrogens (primary N) is 1. The molecule has 2 aromatic rings. The monoisotopic (exact) mass is 271 g/mol. The first-order valence-corrected chi connectivity index (χ1v) is 6.64. The molecule has 0 fully saturated rings. The molecule has 0 aliphatic carbocycles. The molecule has 0 bridgehead atoms. The van der Waals surface area contributed by atoms with E-state index in [1.165, 1.54) is 0 Å². The molecule has 0 saturated carbocycles. The van der Waals surface area contributed by atoms with Crippen molar-refractivity contribution in [2.75, 3.05) is 24.1 Å². The predicted molar refractivity (Wildman–Crippen MR) is 78.1 cm³/mol. The van der Waals surface area contributed by atoms with Crippen LogP contribution in [0.4, 0.5) is 17.5 Å². The summed E-state index contributed by atoms with van der Waals surface area (Å²) in [5.41, 5.74) is 8.76. The Morgan fingerprint density at radius 2 is 1.85 bits per heavy atom. The lowest BCUT2D eigenvalue weighted by atomic mass is 10.1. The Morgan fingerprint density at radius 3 is 2.65 bits per heavy atom. The van der Waals surface area contributed by atoms with Gasteiger partial charge in [-0.15, -0.1) is 0 Å². The SMILES string of the molecule is Nc1nc2c(c(Nc3ccc(O)cc3)n1)CCNCC2. The molecule has 1 aromatic heterocycles. The van der Waals surface area contributed by atoms with Crippen LogP contribution in [0.5, 0.6) is 5.75 Å². The summed E-state index contributed by atoms with van der Waals surface area (Å²) in [6.07, 6.45) is 1.72. The number of aromatic hydroxyl groups is 1. The van der Waals surface area contributed by atoms with Crippen molar-refractivity contribution < 1.29 is 5.11 Å². The van der Waals surface area contributed by atoms with E-state index in [4.69, 9.17) is 5.73 Å². The molecular weight excluding hydrogens is 254 g/mol. The molecule has 0 amide bonds. The van der Waals surface area contributed by atoms with Gasteiger partial charge in [0.2, 0.25) is 5.95 Å². The van der Waals surface area contributed by atoms with Gasteiger partial charge in [0.05, 0.1) is 5.69 Å². The van der Waals surface area contributed by atoms with Crippen LogP contribution < -0.4 is 16.4 Å². The Kier molecular flexibility index (Phi) is 3.39. The highest BCUT2D eigenvalue weighted by atomic mass is 16.3. The van der Waals surface area contributed by atoms with Crippen molar-refractivity contribution in [2.45, 2.75) is 12.8 Å². The first kappa shape index (κ1) is 12.7. The van der Waals surface area contributed by atoms with E-state index >= 15 is 0 Å². The molecule has 0 unspecified atom stereocenters. The van der Waals surface area contributed by atoms with E-state index in [1.54, 1.807) is 24.3 Å². The van der Waals surface area contributed by atoms with Crippen molar-refractivity contribution >= 4 is 17.5 Å². The molecule has 5 N–H and O–H groups in total. The zero-order valence-corrected chi connectivity index (χ0v) is 11.1. The fraction of sp³-hybridized carbons (Fsp3) is 0.286. The number of phenolic OH excluding ortho intramolecular Hbond substituents is 1. The predicted octanol–water partition coefficient (Wildman–Crippen LogP) is 1.20. The lowest BCUT2D eigenvalue weighted by Gasteiger charge is -2.13. The Morgan fingerprint density at radius 1 is 1.10 bits per heavy atom. The molecule has 1 aliphatic heterocycles. The number of aromatic nitrogens is 2. The second-order valence-electron chi connectivity index (χ2n) is 4.78. The first-order valence-electron chi connectivity index (χ1n) is 6.64. The number of anilines is 3. The molecule has 104 valence electrons. The molecule has 1 aromatic carbocycles. The standard InChI is InChI=1S/C14H17N5O/c15-14-18-12-6-8-16-7-5-11(12)13(19-14)17-9-1-3-10(20)4-2-9/h1-4,16,20H,5-8H2,(H3,15,17,18,19). The normalized spacial score (nSPS) is 14.4. The van der Waals surface area contributed by atoms with Gasteiger partial charge < -0.3 is 21.5 Å². The Hall–Kier alpha value is -2.34. The van der Waals surface area contributed by atoms with Gasteiger partial charge in [-0.05, 0) is 37.2 Å². The number of hydrogen-bond donors (Lipinski definition) is 4. The smallest absolute Gasteiger partial charge is 0.222 e. The van der Waals surface area contributed by atoms with Crippen molar-refractivity contribution in [1.29, 1.82) is 0 Å². The average molecular weight is 271 g/mol. The molecule has 6 heteroatoms. The van der Waals surface area contributed by atoms with Gasteiger partial charge in [0.15, 0.2) is 0 Å². The van der Waals surface area contributed by atoms with Gasteiger partial charge in [-0.25, -0.2) is 4.98 Å². The van der Waals surface area contributed by atoms with Crippen molar-refractivity contribution in [3.8, 4) is 5.75 Å². The fourth-order valence-electron chi connectivity index (χ4n) is 2.35. The number of rotatable bonds is 2. The largest absolute Gasteiger partial charge is 0.508 e. The van der Waals surface area contributed by atoms with Crippen molar-refractivity contribution in [3.05, 3.63) is 35.5 Å². The summed E-state index contributed by atoms with van der Waals surface area (Å²) < 4.78 is 0. The number of hydrogen-bond acceptors (Lipinski definition) is 6. The van der Waals surface area contributed by atoms with Crippen LogP contribution >= 0.6 is 0 Å². The van der Waals surface area contributed by atoms with Gasteiger partial charge in [0.1, 0.15) is 11.6 Å². The van der Waals surface area contributed by atoms with Gasteiger partial charge in [-0.2, -0.15) is 4.98 Å². The molecule has 0 atom stereocenters. The van der Waals surface area contributed by atoms with Gasteiger partial charge in [-0.1, -0.05) is 0 Å². The summed E-state index contributed by atoms with van der Waals surface area (Å²) in [6.45, 7) is 1.81. The van der Waals surface area contributed by atoms with Crippen LogP contribution in [0.15, 0.2) is 24.3 Å². The van der Waals surface area contributed by atoms with E-state index in [0.717, 1.165) is 48.7 Å². The summed E-state index contributed by atoms with van der Waals surface area (Å²) in [5, 5.41) is 15.9. The zero-order valence-electron chi connectivity index (χ0n) is 11.1. The van der Waals surface area contributed by atoms with E-state index in [0.29, 0.717) is 0 Å². The minimum Gasteiger partial charge on any atom is -0.508 e. The Balaban J connectivity index is 1.96. The molecule has 0 spiro atoms. The highest BCUT2D eigenvalue weighted by Gasteiger charge is 2.15. The number of nitrogens with one attached hydrogen (secondary N) is 2. The summed E-state index contributed by atoms with van der Waals surface area (Å²) >= 11 is 0. The topological polar surface area (TPSA) is 96.1 Å². The third kappa shape index (κ3) is 2.65. The first-order chi connectivity index (χ1) is 9.72. The second kappa shape index (κ2) is 5.34. The summed E-state index contributed by atoms with van der Waals surface area (Å²) in [5.74, 6) is 1.27. The van der Waals surface area contributed by atoms with E-state index in [1.807, 2.05) is 0 Å². The average Bonchev–Trinajstić information content (AvgIpc) is 2.66. The number of nitrogens with zero attached hydrogens (tertiary/aromatic N) is 2. The highest BCUT2D eigenvalue weighted by molar-refractivity contribution is 5.62. The van der Waals surface area contributed by atoms with E-state index in [2.05, 4.69) is 20.6 Å². The van der Waals surface area contributed by atoms with Gasteiger partial charge in [-0.3, -0.25) is 0 Å². The highest BCUT2D eigenvalue weighted by Crippen LogP contribution is 2.24. The Labute approximate surface area is 117 Å². The molecular formula is C14H17N5O. The minimum atomic E-state index is 0.237. The molecule has 2 heterocycles. The summed E-state index contributed by atoms with van der Waals surface area (Å²) in [4.78, 5) is 8.65. The lowest BCUT2D eigenvalue weighted by molar-refractivity contribution is 0.475. The molecule has 0 saturated heterocycles. The van der Waals surface area contributed by atoms with Crippen molar-refractivity contribution in [2.24, 2.45) is 0 Å². The Bertz CT molecular complexity index is 612. The number of fused-ring (bicyclic) bond motifs is 1. The van der Waals surface area contributed by atoms with Crippen molar-refractivity contribution in [3.63, 3.8) is 0 Å². The maximum Gasteiger partial charge on any atom is 0.222 e. The van der Waals surface area contributed by atoms with Gasteiger partial charge in [0, 0.05) is 24.2 Å². The van der Waals surface area contributed by atoms with Crippen LogP contribution in [0.2, 0.25) is 0 Å². The zero-order chi connectivity index (χ0) is 13.9. The van der Waals surface area contributed by atoms with Crippen LogP contribution in [0, 0.1) is 0 Å². The number of phenols is 1. The fourth-order valence-corrected chi connectivity index (χ4v) is 2.35. The van der Waals surface area contributed by atoms with Crippen LogP contribution in [0.1, 0.15) is 11.3 Å². The third-order valence-corrected chi connectivity index (χ3v) is 3.33. The lowest BCUT2D eigenvalue weighted by Crippen LogP contribution is -2.16. The molecule has 20 heavy (non-hydrogen) atoms. The summed E-state index contributed by atoms with van der Waals surface area (Å²) in [6, 6.07) is 6.87.